The molecule has 130 valence electrons. The van der Waals surface area contributed by atoms with Crippen molar-refractivity contribution in [3.8, 4) is 17.2 Å². The zero-order valence-electron chi connectivity index (χ0n) is 13.9. The summed E-state index contributed by atoms with van der Waals surface area (Å²) in [5, 5.41) is 0. The minimum absolute atomic E-state index is 0.572. The van der Waals surface area contributed by atoms with Crippen LogP contribution in [0, 0.1) is 0 Å². The summed E-state index contributed by atoms with van der Waals surface area (Å²) in [7, 11) is 1.69. The third kappa shape index (κ3) is 6.81. The van der Waals surface area contributed by atoms with Crippen LogP contribution in [0.3, 0.4) is 0 Å². The fourth-order valence-electron chi connectivity index (χ4n) is 2.05. The molecule has 0 fully saturated rings. The lowest BCUT2D eigenvalue weighted by molar-refractivity contribution is 0.169. The Bertz CT molecular complexity index is 589. The summed E-state index contributed by atoms with van der Waals surface area (Å²) < 4.78 is 23.3. The average molecular weight is 395 g/mol. The molecule has 0 amide bonds. The molecule has 0 N–H and O–H groups in total. The van der Waals surface area contributed by atoms with E-state index in [1.54, 1.807) is 7.11 Å². The van der Waals surface area contributed by atoms with Crippen LogP contribution in [0.4, 0.5) is 0 Å². The zero-order chi connectivity index (χ0) is 17.0. The summed E-state index contributed by atoms with van der Waals surface area (Å²) in [5.74, 6) is 2.36. The van der Waals surface area contributed by atoms with Crippen molar-refractivity contribution >= 4 is 15.9 Å². The molecule has 0 unspecified atom stereocenters. The second-order valence-corrected chi connectivity index (χ2v) is 6.07. The van der Waals surface area contributed by atoms with Crippen molar-refractivity contribution in [2.24, 2.45) is 0 Å². The monoisotopic (exact) mass is 394 g/mol. The topological polar surface area (TPSA) is 36.9 Å². The van der Waals surface area contributed by atoms with E-state index in [4.69, 9.17) is 18.9 Å². The van der Waals surface area contributed by atoms with Crippen molar-refractivity contribution in [2.45, 2.75) is 12.8 Å². The van der Waals surface area contributed by atoms with E-state index < -0.39 is 0 Å². The smallest absolute Gasteiger partial charge is 0.162 e. The summed E-state index contributed by atoms with van der Waals surface area (Å²) in [6.45, 7) is 2.46. The summed E-state index contributed by atoms with van der Waals surface area (Å²) in [6.07, 6.45) is 1.64. The average Bonchev–Trinajstić information content (AvgIpc) is 2.61. The fourth-order valence-corrected chi connectivity index (χ4v) is 2.39. The van der Waals surface area contributed by atoms with Crippen LogP contribution in [-0.4, -0.2) is 33.5 Å². The van der Waals surface area contributed by atoms with Gasteiger partial charge in [-0.3, -0.25) is 0 Å². The van der Waals surface area contributed by atoms with E-state index in [1.165, 1.54) is 0 Å². The second-order valence-electron chi connectivity index (χ2n) is 5.15. The van der Waals surface area contributed by atoms with Crippen LogP contribution in [0.15, 0.2) is 53.0 Å². The molecular formula is C19H23BrO4. The number of benzene rings is 2. The van der Waals surface area contributed by atoms with Gasteiger partial charge >= 0.3 is 0 Å². The highest BCUT2D eigenvalue weighted by molar-refractivity contribution is 9.10. The predicted octanol–water partition coefficient (Wildman–Crippen LogP) is 4.71. The van der Waals surface area contributed by atoms with E-state index in [-0.39, 0.29) is 0 Å². The molecule has 0 spiro atoms. The van der Waals surface area contributed by atoms with Crippen LogP contribution in [0.5, 0.6) is 17.2 Å². The van der Waals surface area contributed by atoms with E-state index in [0.717, 1.165) is 34.6 Å². The van der Waals surface area contributed by atoms with Gasteiger partial charge in [0.05, 0.1) is 19.8 Å². The standard InChI is InChI=1S/C19H23BrO4/c1-21-11-5-13-24-19-15-16(20)9-10-18(19)23-14-6-12-22-17-7-3-2-4-8-17/h2-4,7-10,15H,5-6,11-14H2,1H3. The zero-order valence-corrected chi connectivity index (χ0v) is 15.5. The Morgan fingerprint density at radius 3 is 2.17 bits per heavy atom. The fraction of sp³-hybridized carbons (Fsp3) is 0.368. The van der Waals surface area contributed by atoms with Crippen LogP contribution in [0.1, 0.15) is 12.8 Å². The Balaban J connectivity index is 1.74. The highest BCUT2D eigenvalue weighted by atomic mass is 79.9. The summed E-state index contributed by atoms with van der Waals surface area (Å²) in [5.41, 5.74) is 0. The molecule has 0 aromatic heterocycles. The minimum Gasteiger partial charge on any atom is -0.493 e. The van der Waals surface area contributed by atoms with E-state index in [0.29, 0.717) is 26.4 Å². The highest BCUT2D eigenvalue weighted by Gasteiger charge is 2.06. The van der Waals surface area contributed by atoms with E-state index in [9.17, 15) is 0 Å². The van der Waals surface area contributed by atoms with Gasteiger partial charge in [-0.1, -0.05) is 34.1 Å². The molecular weight excluding hydrogens is 372 g/mol. The third-order valence-corrected chi connectivity index (χ3v) is 3.71. The van der Waals surface area contributed by atoms with Crippen LogP contribution in [0.2, 0.25) is 0 Å². The van der Waals surface area contributed by atoms with Crippen LogP contribution in [-0.2, 0) is 4.74 Å². The molecule has 0 aliphatic rings. The van der Waals surface area contributed by atoms with Gasteiger partial charge in [-0.15, -0.1) is 0 Å². The lowest BCUT2D eigenvalue weighted by Gasteiger charge is -2.13. The van der Waals surface area contributed by atoms with Gasteiger partial charge in [-0.2, -0.15) is 0 Å². The highest BCUT2D eigenvalue weighted by Crippen LogP contribution is 2.30. The number of para-hydroxylation sites is 1. The molecule has 4 nitrogen and oxygen atoms in total. The summed E-state index contributed by atoms with van der Waals surface area (Å²) >= 11 is 3.46. The van der Waals surface area contributed by atoms with Gasteiger partial charge in [0.25, 0.3) is 0 Å². The molecule has 0 aliphatic carbocycles. The Morgan fingerprint density at radius 1 is 0.750 bits per heavy atom. The Morgan fingerprint density at radius 2 is 1.42 bits per heavy atom. The van der Waals surface area contributed by atoms with Crippen LogP contribution >= 0.6 is 15.9 Å². The van der Waals surface area contributed by atoms with E-state index in [1.807, 2.05) is 48.5 Å². The van der Waals surface area contributed by atoms with Gasteiger partial charge in [0, 0.05) is 31.0 Å². The van der Waals surface area contributed by atoms with Crippen LogP contribution in [0.25, 0.3) is 0 Å². The van der Waals surface area contributed by atoms with E-state index >= 15 is 0 Å². The lowest BCUT2D eigenvalue weighted by Crippen LogP contribution is -2.07. The first-order valence-electron chi connectivity index (χ1n) is 8.01. The van der Waals surface area contributed by atoms with Gasteiger partial charge in [0.1, 0.15) is 5.75 Å². The molecule has 0 radical (unpaired) electrons. The van der Waals surface area contributed by atoms with Gasteiger partial charge in [0.15, 0.2) is 11.5 Å². The molecule has 0 heterocycles. The van der Waals surface area contributed by atoms with Crippen molar-refractivity contribution in [3.63, 3.8) is 0 Å². The van der Waals surface area contributed by atoms with Crippen molar-refractivity contribution in [2.75, 3.05) is 33.5 Å². The molecule has 0 saturated carbocycles. The number of hydrogen-bond acceptors (Lipinski definition) is 4. The number of ether oxygens (including phenoxy) is 4. The Hall–Kier alpha value is -1.72. The molecule has 0 atom stereocenters. The third-order valence-electron chi connectivity index (χ3n) is 3.21. The maximum atomic E-state index is 5.83. The maximum Gasteiger partial charge on any atom is 0.162 e. The number of halogens is 1. The molecule has 2 aromatic rings. The maximum absolute atomic E-state index is 5.83. The molecule has 0 aliphatic heterocycles. The number of hydrogen-bond donors (Lipinski definition) is 0. The molecule has 0 saturated heterocycles. The minimum atomic E-state index is 0.572. The molecule has 24 heavy (non-hydrogen) atoms. The quantitative estimate of drug-likeness (QED) is 0.517. The van der Waals surface area contributed by atoms with Crippen molar-refractivity contribution < 1.29 is 18.9 Å². The van der Waals surface area contributed by atoms with Gasteiger partial charge < -0.3 is 18.9 Å². The molecule has 2 aromatic carbocycles. The Labute approximate surface area is 151 Å². The summed E-state index contributed by atoms with van der Waals surface area (Å²) in [4.78, 5) is 0. The van der Waals surface area contributed by atoms with Crippen LogP contribution < -0.4 is 14.2 Å². The molecule has 5 heteroatoms. The second kappa shape index (κ2) is 10.9. The first-order valence-corrected chi connectivity index (χ1v) is 8.81. The number of rotatable bonds is 11. The Kier molecular flexibility index (Phi) is 8.49. The van der Waals surface area contributed by atoms with Crippen molar-refractivity contribution in [1.29, 1.82) is 0 Å². The lowest BCUT2D eigenvalue weighted by atomic mass is 10.3. The largest absolute Gasteiger partial charge is 0.493 e. The predicted molar refractivity (Wildman–Crippen MR) is 98.2 cm³/mol. The van der Waals surface area contributed by atoms with E-state index in [2.05, 4.69) is 15.9 Å². The normalized spacial score (nSPS) is 10.4. The first kappa shape index (κ1) is 18.6. The first-order chi connectivity index (χ1) is 11.8. The van der Waals surface area contributed by atoms with Crippen molar-refractivity contribution in [3.05, 3.63) is 53.0 Å². The number of methoxy groups -OCH3 is 1. The molecule has 0 bridgehead atoms. The van der Waals surface area contributed by atoms with Gasteiger partial charge in [-0.05, 0) is 30.3 Å². The van der Waals surface area contributed by atoms with Gasteiger partial charge in [-0.25, -0.2) is 0 Å². The SMILES string of the molecule is COCCCOc1cc(Br)ccc1OCCCOc1ccccc1. The van der Waals surface area contributed by atoms with Crippen molar-refractivity contribution in [1.82, 2.24) is 0 Å². The van der Waals surface area contributed by atoms with Gasteiger partial charge in [0.2, 0.25) is 0 Å². The molecule has 2 rings (SSSR count). The summed E-state index contributed by atoms with van der Waals surface area (Å²) in [6, 6.07) is 15.6.